The zero-order chi connectivity index (χ0) is 10.8. The van der Waals surface area contributed by atoms with E-state index in [1.165, 1.54) is 18.4 Å². The summed E-state index contributed by atoms with van der Waals surface area (Å²) in [4.78, 5) is 2.06. The second kappa shape index (κ2) is 4.42. The van der Waals surface area contributed by atoms with Gasteiger partial charge in [-0.2, -0.15) is 0 Å². The fourth-order valence-corrected chi connectivity index (χ4v) is 2.34. The average Bonchev–Trinajstić information content (AvgIpc) is 2.71. The minimum absolute atomic E-state index is 0.515. The maximum absolute atomic E-state index is 6.14. The van der Waals surface area contributed by atoms with Crippen molar-refractivity contribution in [3.05, 3.63) is 28.8 Å². The van der Waals surface area contributed by atoms with E-state index >= 15 is 0 Å². The van der Waals surface area contributed by atoms with Gasteiger partial charge in [-0.05, 0) is 37.1 Å². The normalized spacial score (nSPS) is 20.6. The fraction of sp³-hybridized carbons (Fsp3) is 0.500. The Balaban J connectivity index is 2.29. The average molecular weight is 225 g/mol. The highest BCUT2D eigenvalue weighted by atomic mass is 35.5. The summed E-state index contributed by atoms with van der Waals surface area (Å²) in [7, 11) is 4.04. The van der Waals surface area contributed by atoms with Gasteiger partial charge < -0.3 is 10.2 Å². The molecule has 1 unspecified atom stereocenters. The van der Waals surface area contributed by atoms with Crippen molar-refractivity contribution in [2.75, 3.05) is 25.5 Å². The molecular formula is C12H17ClN2. The lowest BCUT2D eigenvalue weighted by molar-refractivity contribution is 0.648. The highest BCUT2D eigenvalue weighted by molar-refractivity contribution is 6.33. The van der Waals surface area contributed by atoms with Gasteiger partial charge >= 0.3 is 0 Å². The van der Waals surface area contributed by atoms with Crippen LogP contribution < -0.4 is 10.2 Å². The summed E-state index contributed by atoms with van der Waals surface area (Å²) in [5.41, 5.74) is 2.45. The molecule has 1 aliphatic rings. The molecule has 1 aliphatic heterocycles. The topological polar surface area (TPSA) is 15.3 Å². The fourth-order valence-electron chi connectivity index (χ4n) is 2.06. The number of nitrogens with zero attached hydrogens (tertiary/aromatic N) is 1. The van der Waals surface area contributed by atoms with Crippen molar-refractivity contribution in [3.63, 3.8) is 0 Å². The molecule has 0 amide bonds. The van der Waals surface area contributed by atoms with Crippen LogP contribution in [-0.4, -0.2) is 20.6 Å². The number of hydrogen-bond donors (Lipinski definition) is 1. The third-order valence-electron chi connectivity index (χ3n) is 2.91. The number of benzene rings is 1. The molecule has 82 valence electrons. The van der Waals surface area contributed by atoms with Crippen molar-refractivity contribution in [2.24, 2.45) is 0 Å². The Hall–Kier alpha value is -0.730. The lowest BCUT2D eigenvalue weighted by Gasteiger charge is -2.18. The van der Waals surface area contributed by atoms with E-state index < -0.39 is 0 Å². The summed E-state index contributed by atoms with van der Waals surface area (Å²) in [6.45, 7) is 1.13. The second-order valence-electron chi connectivity index (χ2n) is 4.25. The first kappa shape index (κ1) is 10.8. The van der Waals surface area contributed by atoms with Gasteiger partial charge in [-0.25, -0.2) is 0 Å². The van der Waals surface area contributed by atoms with Crippen LogP contribution in [0.1, 0.15) is 24.4 Å². The predicted molar refractivity (Wildman–Crippen MR) is 65.8 cm³/mol. The Morgan fingerprint density at radius 1 is 1.40 bits per heavy atom. The van der Waals surface area contributed by atoms with Crippen LogP contribution in [0, 0.1) is 0 Å². The Morgan fingerprint density at radius 2 is 2.20 bits per heavy atom. The van der Waals surface area contributed by atoms with Crippen LogP contribution in [0.5, 0.6) is 0 Å². The molecule has 15 heavy (non-hydrogen) atoms. The molecule has 0 bridgehead atoms. The molecule has 0 spiro atoms. The van der Waals surface area contributed by atoms with E-state index in [-0.39, 0.29) is 0 Å². The molecule has 1 aromatic carbocycles. The van der Waals surface area contributed by atoms with E-state index in [1.807, 2.05) is 20.2 Å². The molecule has 1 fully saturated rings. The first-order valence-corrected chi connectivity index (χ1v) is 5.76. The molecule has 3 heteroatoms. The minimum Gasteiger partial charge on any atom is -0.376 e. The second-order valence-corrected chi connectivity index (χ2v) is 4.66. The molecule has 1 atom stereocenters. The summed E-state index contributed by atoms with van der Waals surface area (Å²) in [6.07, 6.45) is 2.50. The third-order valence-corrected chi connectivity index (χ3v) is 3.23. The predicted octanol–water partition coefficient (Wildman–Crippen LogP) is 2.83. The van der Waals surface area contributed by atoms with Gasteiger partial charge in [0, 0.05) is 20.1 Å². The number of hydrogen-bond acceptors (Lipinski definition) is 2. The lowest BCUT2D eigenvalue weighted by atomic mass is 10.0. The molecule has 0 saturated carbocycles. The van der Waals surface area contributed by atoms with Gasteiger partial charge in [0.2, 0.25) is 0 Å². The maximum Gasteiger partial charge on any atom is 0.0639 e. The van der Waals surface area contributed by atoms with Crippen LogP contribution in [0.3, 0.4) is 0 Å². The number of rotatable bonds is 2. The smallest absolute Gasteiger partial charge is 0.0639 e. The van der Waals surface area contributed by atoms with E-state index in [4.69, 9.17) is 11.6 Å². The van der Waals surface area contributed by atoms with E-state index in [1.54, 1.807) is 0 Å². The van der Waals surface area contributed by atoms with E-state index in [2.05, 4.69) is 22.3 Å². The van der Waals surface area contributed by atoms with Gasteiger partial charge in [-0.15, -0.1) is 0 Å². The molecule has 0 aliphatic carbocycles. The molecule has 1 N–H and O–H groups in total. The summed E-state index contributed by atoms with van der Waals surface area (Å²) in [6, 6.07) is 6.82. The summed E-state index contributed by atoms with van der Waals surface area (Å²) < 4.78 is 0. The Labute approximate surface area is 96.2 Å². The van der Waals surface area contributed by atoms with Crippen LogP contribution in [-0.2, 0) is 0 Å². The van der Waals surface area contributed by atoms with E-state index in [0.717, 1.165) is 17.3 Å². The Morgan fingerprint density at radius 3 is 2.80 bits per heavy atom. The van der Waals surface area contributed by atoms with E-state index in [0.29, 0.717) is 6.04 Å². The quantitative estimate of drug-likeness (QED) is 0.831. The lowest BCUT2D eigenvalue weighted by Crippen LogP contribution is -2.14. The zero-order valence-electron chi connectivity index (χ0n) is 9.26. The van der Waals surface area contributed by atoms with Crippen LogP contribution in [0.25, 0.3) is 0 Å². The van der Waals surface area contributed by atoms with Crippen molar-refractivity contribution in [1.29, 1.82) is 0 Å². The highest BCUT2D eigenvalue weighted by Gasteiger charge is 2.17. The molecule has 1 heterocycles. The number of anilines is 1. The van der Waals surface area contributed by atoms with Crippen molar-refractivity contribution in [3.8, 4) is 0 Å². The van der Waals surface area contributed by atoms with Crippen molar-refractivity contribution < 1.29 is 0 Å². The van der Waals surface area contributed by atoms with Crippen molar-refractivity contribution in [1.82, 2.24) is 5.32 Å². The molecule has 1 saturated heterocycles. The van der Waals surface area contributed by atoms with Crippen LogP contribution in [0.2, 0.25) is 5.02 Å². The van der Waals surface area contributed by atoms with E-state index in [9.17, 15) is 0 Å². The van der Waals surface area contributed by atoms with Crippen LogP contribution in [0.4, 0.5) is 5.69 Å². The SMILES string of the molecule is CN(C)c1cc(C2CCCN2)ccc1Cl. The first-order chi connectivity index (χ1) is 7.18. The maximum atomic E-state index is 6.14. The highest BCUT2D eigenvalue weighted by Crippen LogP contribution is 2.30. The zero-order valence-corrected chi connectivity index (χ0v) is 10.0. The third kappa shape index (κ3) is 2.27. The molecule has 0 aromatic heterocycles. The molecule has 0 radical (unpaired) electrons. The van der Waals surface area contributed by atoms with Gasteiger partial charge in [0.1, 0.15) is 0 Å². The molecular weight excluding hydrogens is 208 g/mol. The summed E-state index contributed by atoms with van der Waals surface area (Å²) >= 11 is 6.14. The minimum atomic E-state index is 0.515. The number of halogens is 1. The molecule has 2 rings (SSSR count). The Bertz CT molecular complexity index is 343. The summed E-state index contributed by atoms with van der Waals surface area (Å²) in [5.74, 6) is 0. The largest absolute Gasteiger partial charge is 0.376 e. The number of nitrogens with one attached hydrogen (secondary N) is 1. The van der Waals surface area contributed by atoms with Gasteiger partial charge in [0.05, 0.1) is 10.7 Å². The van der Waals surface area contributed by atoms with Crippen molar-refractivity contribution in [2.45, 2.75) is 18.9 Å². The van der Waals surface area contributed by atoms with Gasteiger partial charge in [-0.1, -0.05) is 17.7 Å². The van der Waals surface area contributed by atoms with Crippen LogP contribution >= 0.6 is 11.6 Å². The monoisotopic (exact) mass is 224 g/mol. The molecule has 1 aromatic rings. The van der Waals surface area contributed by atoms with Gasteiger partial charge in [0.25, 0.3) is 0 Å². The molecule has 2 nitrogen and oxygen atoms in total. The standard InChI is InChI=1S/C12H17ClN2/c1-15(2)12-8-9(5-6-10(12)13)11-4-3-7-14-11/h5-6,8,11,14H,3-4,7H2,1-2H3. The first-order valence-electron chi connectivity index (χ1n) is 5.38. The van der Waals surface area contributed by atoms with Crippen LogP contribution in [0.15, 0.2) is 18.2 Å². The van der Waals surface area contributed by atoms with Gasteiger partial charge in [-0.3, -0.25) is 0 Å². The van der Waals surface area contributed by atoms with Gasteiger partial charge in [0.15, 0.2) is 0 Å². The summed E-state index contributed by atoms with van der Waals surface area (Å²) in [5, 5.41) is 4.32. The Kier molecular flexibility index (Phi) is 3.17. The van der Waals surface area contributed by atoms with Crippen molar-refractivity contribution >= 4 is 17.3 Å².